The number of hydrogen-bond acceptors (Lipinski definition) is 4. The third kappa shape index (κ3) is 3.75. The van der Waals surface area contributed by atoms with Crippen molar-refractivity contribution in [1.82, 2.24) is 14.7 Å². The summed E-state index contributed by atoms with van der Waals surface area (Å²) in [6, 6.07) is 8.37. The van der Waals surface area contributed by atoms with E-state index in [1.165, 1.54) is 4.90 Å². The molecule has 1 aliphatic heterocycles. The molecule has 0 N–H and O–H groups in total. The van der Waals surface area contributed by atoms with Gasteiger partial charge in [-0.25, -0.2) is 0 Å². The number of hydrogen-bond donors (Lipinski definition) is 0. The highest BCUT2D eigenvalue weighted by atomic mass is 32.2. The fourth-order valence-corrected chi connectivity index (χ4v) is 3.72. The number of aryl methyl sites for hydroxylation is 1. The van der Waals surface area contributed by atoms with Crippen molar-refractivity contribution in [3.05, 3.63) is 47.3 Å². The predicted molar refractivity (Wildman–Crippen MR) is 99.4 cm³/mol. The topological polar surface area (TPSA) is 47.4 Å². The van der Waals surface area contributed by atoms with Gasteiger partial charge in [0.05, 0.1) is 18.2 Å². The van der Waals surface area contributed by atoms with Crippen LogP contribution in [0.2, 0.25) is 0 Å². The second kappa shape index (κ2) is 7.62. The fraction of sp³-hybridized carbons (Fsp3) is 0.474. The van der Waals surface area contributed by atoms with Gasteiger partial charge in [-0.2, -0.15) is 5.10 Å². The molecule has 1 aliphatic rings. The van der Waals surface area contributed by atoms with Gasteiger partial charge in [-0.05, 0) is 37.3 Å². The molecule has 2 atom stereocenters. The zero-order chi connectivity index (χ0) is 18.0. The van der Waals surface area contributed by atoms with Crippen LogP contribution in [0, 0.1) is 12.8 Å². The summed E-state index contributed by atoms with van der Waals surface area (Å²) in [6.45, 7) is 3.25. The summed E-state index contributed by atoms with van der Waals surface area (Å²) in [4.78, 5) is 16.0. The number of nitrogens with zero attached hydrogens (tertiary/aromatic N) is 3. The average Bonchev–Trinajstić information content (AvgIpc) is 3.22. The number of ether oxygens (including phenoxy) is 1. The molecule has 2 heterocycles. The lowest BCUT2D eigenvalue weighted by Gasteiger charge is -2.24. The van der Waals surface area contributed by atoms with Crippen LogP contribution in [0.1, 0.15) is 29.3 Å². The number of thioether (sulfide) groups is 1. The number of carbonyl (C=O) groups excluding carboxylic acids is 1. The number of benzene rings is 1. The minimum atomic E-state index is -0.192. The standard InChI is InChI=1S/C19H25N3O2S/c1-13-17(11-20-22(13)3)18-16(9-10-24-18)19(23)21(2)12-14-5-7-15(25-4)8-6-14/h5-8,11,16,18H,9-10,12H2,1-4H3/t16-,18-/m0/s1. The van der Waals surface area contributed by atoms with Gasteiger partial charge in [0.15, 0.2) is 0 Å². The van der Waals surface area contributed by atoms with Gasteiger partial charge in [0.25, 0.3) is 0 Å². The van der Waals surface area contributed by atoms with Gasteiger partial charge in [0.1, 0.15) is 0 Å². The van der Waals surface area contributed by atoms with Crippen molar-refractivity contribution in [3.8, 4) is 0 Å². The molecule has 5 nitrogen and oxygen atoms in total. The van der Waals surface area contributed by atoms with Crippen molar-refractivity contribution < 1.29 is 9.53 Å². The van der Waals surface area contributed by atoms with Crippen LogP contribution in [0.5, 0.6) is 0 Å². The van der Waals surface area contributed by atoms with Crippen LogP contribution in [-0.4, -0.2) is 40.5 Å². The van der Waals surface area contributed by atoms with Gasteiger partial charge < -0.3 is 9.64 Å². The summed E-state index contributed by atoms with van der Waals surface area (Å²) in [5, 5.41) is 4.29. The Bertz CT molecular complexity index is 742. The lowest BCUT2D eigenvalue weighted by Crippen LogP contribution is -2.34. The predicted octanol–water partition coefficient (Wildman–Crippen LogP) is 3.19. The first-order valence-electron chi connectivity index (χ1n) is 8.49. The van der Waals surface area contributed by atoms with E-state index < -0.39 is 0 Å². The molecule has 1 aromatic carbocycles. The van der Waals surface area contributed by atoms with Crippen molar-refractivity contribution in [1.29, 1.82) is 0 Å². The first-order valence-corrected chi connectivity index (χ1v) is 9.71. The number of carbonyl (C=O) groups is 1. The maximum Gasteiger partial charge on any atom is 0.228 e. The van der Waals surface area contributed by atoms with E-state index in [4.69, 9.17) is 4.74 Å². The van der Waals surface area contributed by atoms with Gasteiger partial charge in [0.2, 0.25) is 5.91 Å². The molecule has 1 amide bonds. The van der Waals surface area contributed by atoms with E-state index in [2.05, 4.69) is 35.6 Å². The molecule has 0 spiro atoms. The summed E-state index contributed by atoms with van der Waals surface area (Å²) in [5.74, 6) is -0.00179. The normalized spacial score (nSPS) is 20.0. The molecular weight excluding hydrogens is 334 g/mol. The largest absolute Gasteiger partial charge is 0.373 e. The quantitative estimate of drug-likeness (QED) is 0.769. The van der Waals surface area contributed by atoms with E-state index >= 15 is 0 Å². The zero-order valence-corrected chi connectivity index (χ0v) is 16.0. The molecule has 1 saturated heterocycles. The van der Waals surface area contributed by atoms with Crippen molar-refractivity contribution in [2.75, 3.05) is 19.9 Å². The summed E-state index contributed by atoms with van der Waals surface area (Å²) in [6.07, 6.45) is 4.45. The lowest BCUT2D eigenvalue weighted by atomic mass is 9.94. The van der Waals surface area contributed by atoms with E-state index in [9.17, 15) is 4.79 Å². The molecule has 3 rings (SSSR count). The molecule has 6 heteroatoms. The molecule has 25 heavy (non-hydrogen) atoms. The monoisotopic (exact) mass is 359 g/mol. The molecule has 0 unspecified atom stereocenters. The maximum atomic E-state index is 13.0. The SMILES string of the molecule is CSc1ccc(CN(C)C(=O)[C@H]2CCO[C@@H]2c2cnn(C)c2C)cc1. The van der Waals surface area contributed by atoms with Gasteiger partial charge in [-0.3, -0.25) is 9.48 Å². The minimum absolute atomic E-state index is 0.139. The second-order valence-electron chi connectivity index (χ2n) is 6.54. The van der Waals surface area contributed by atoms with Crippen LogP contribution in [0.15, 0.2) is 35.4 Å². The molecule has 0 bridgehead atoms. The van der Waals surface area contributed by atoms with Crippen molar-refractivity contribution in [2.24, 2.45) is 13.0 Å². The van der Waals surface area contributed by atoms with Crippen molar-refractivity contribution >= 4 is 17.7 Å². The third-order valence-corrected chi connectivity index (χ3v) is 5.69. The zero-order valence-electron chi connectivity index (χ0n) is 15.2. The summed E-state index contributed by atoms with van der Waals surface area (Å²) < 4.78 is 7.72. The average molecular weight is 359 g/mol. The first-order chi connectivity index (χ1) is 12.0. The minimum Gasteiger partial charge on any atom is -0.373 e. The van der Waals surface area contributed by atoms with Gasteiger partial charge >= 0.3 is 0 Å². The number of amides is 1. The maximum absolute atomic E-state index is 13.0. The Morgan fingerprint density at radius 1 is 1.40 bits per heavy atom. The Morgan fingerprint density at radius 3 is 2.72 bits per heavy atom. The summed E-state index contributed by atoms with van der Waals surface area (Å²) in [5.41, 5.74) is 3.22. The summed E-state index contributed by atoms with van der Waals surface area (Å²) >= 11 is 1.72. The Labute approximate surface area is 153 Å². The smallest absolute Gasteiger partial charge is 0.228 e. The van der Waals surface area contributed by atoms with E-state index in [1.807, 2.05) is 36.8 Å². The fourth-order valence-electron chi connectivity index (χ4n) is 3.31. The van der Waals surface area contributed by atoms with Gasteiger partial charge in [-0.1, -0.05) is 12.1 Å². The highest BCUT2D eigenvalue weighted by Crippen LogP contribution is 2.37. The molecule has 0 radical (unpaired) electrons. The Kier molecular flexibility index (Phi) is 5.49. The Morgan fingerprint density at radius 2 is 2.12 bits per heavy atom. The van der Waals surface area contributed by atoms with Crippen molar-refractivity contribution in [3.63, 3.8) is 0 Å². The first kappa shape index (κ1) is 18.0. The van der Waals surface area contributed by atoms with Crippen LogP contribution in [0.3, 0.4) is 0 Å². The number of rotatable bonds is 5. The highest BCUT2D eigenvalue weighted by Gasteiger charge is 2.38. The van der Waals surface area contributed by atoms with E-state index in [1.54, 1.807) is 11.8 Å². The van der Waals surface area contributed by atoms with Gasteiger partial charge in [0, 0.05) is 43.4 Å². The van der Waals surface area contributed by atoms with Gasteiger partial charge in [-0.15, -0.1) is 11.8 Å². The van der Waals surface area contributed by atoms with Crippen LogP contribution < -0.4 is 0 Å². The third-order valence-electron chi connectivity index (χ3n) is 4.94. The summed E-state index contributed by atoms with van der Waals surface area (Å²) in [7, 11) is 3.78. The molecule has 134 valence electrons. The van der Waals surface area contributed by atoms with Crippen molar-refractivity contribution in [2.45, 2.75) is 30.9 Å². The van der Waals surface area contributed by atoms with Crippen LogP contribution in [0.25, 0.3) is 0 Å². The molecular formula is C19H25N3O2S. The van der Waals surface area contributed by atoms with E-state index in [0.717, 1.165) is 23.2 Å². The lowest BCUT2D eigenvalue weighted by molar-refractivity contribution is -0.136. The number of aromatic nitrogens is 2. The molecule has 2 aromatic rings. The molecule has 1 aromatic heterocycles. The van der Waals surface area contributed by atoms with Crippen LogP contribution in [0.4, 0.5) is 0 Å². The van der Waals surface area contributed by atoms with Crippen LogP contribution >= 0.6 is 11.8 Å². The molecule has 1 fully saturated rings. The van der Waals surface area contributed by atoms with E-state index in [0.29, 0.717) is 13.2 Å². The van der Waals surface area contributed by atoms with Crippen LogP contribution in [-0.2, 0) is 23.1 Å². The molecule has 0 saturated carbocycles. The highest BCUT2D eigenvalue weighted by molar-refractivity contribution is 7.98. The van der Waals surface area contributed by atoms with E-state index in [-0.39, 0.29) is 17.9 Å². The second-order valence-corrected chi connectivity index (χ2v) is 7.42. The Hall–Kier alpha value is -1.79. The molecule has 0 aliphatic carbocycles. The Balaban J connectivity index is 1.71.